The predicted molar refractivity (Wildman–Crippen MR) is 91.1 cm³/mol. The van der Waals surface area contributed by atoms with E-state index in [-0.39, 0.29) is 24.3 Å². The van der Waals surface area contributed by atoms with Gasteiger partial charge in [-0.3, -0.25) is 9.69 Å². The Morgan fingerprint density at radius 1 is 1.46 bits per heavy atom. The summed E-state index contributed by atoms with van der Waals surface area (Å²) < 4.78 is 37.0. The van der Waals surface area contributed by atoms with Crippen LogP contribution in [0.25, 0.3) is 0 Å². The minimum absolute atomic E-state index is 0.0399. The molecule has 2 atom stereocenters. The Hall–Kier alpha value is -1.80. The smallest absolute Gasteiger partial charge is 0.282 e. The van der Waals surface area contributed by atoms with E-state index in [0.717, 1.165) is 12.1 Å². The van der Waals surface area contributed by atoms with Gasteiger partial charge in [0.2, 0.25) is 11.8 Å². The molecule has 0 spiro atoms. The maximum atomic E-state index is 13.0. The van der Waals surface area contributed by atoms with Crippen LogP contribution in [0.15, 0.2) is 18.3 Å². The Bertz CT molecular complexity index is 636. The van der Waals surface area contributed by atoms with E-state index in [0.29, 0.717) is 25.6 Å². The number of hydrogen-bond acceptors (Lipinski definition) is 5. The zero-order valence-electron chi connectivity index (χ0n) is 15.2. The summed E-state index contributed by atoms with van der Waals surface area (Å²) in [5.41, 5.74) is 0.969. The first-order chi connectivity index (χ1) is 12.4. The van der Waals surface area contributed by atoms with Gasteiger partial charge >= 0.3 is 0 Å². The van der Waals surface area contributed by atoms with Gasteiger partial charge in [-0.1, -0.05) is 6.07 Å². The van der Waals surface area contributed by atoms with Crippen LogP contribution in [0.5, 0.6) is 5.88 Å². The Morgan fingerprint density at radius 2 is 2.23 bits per heavy atom. The lowest BCUT2D eigenvalue weighted by Gasteiger charge is -2.40. The first-order valence-corrected chi connectivity index (χ1v) is 8.85. The topological polar surface area (TPSA) is 54.9 Å². The van der Waals surface area contributed by atoms with E-state index in [1.165, 1.54) is 4.90 Å². The van der Waals surface area contributed by atoms with Crippen molar-refractivity contribution in [3.8, 4) is 5.88 Å². The van der Waals surface area contributed by atoms with Crippen LogP contribution in [0.4, 0.5) is 8.78 Å². The molecule has 0 aliphatic carbocycles. The highest BCUT2D eigenvalue weighted by Gasteiger charge is 2.46. The largest absolute Gasteiger partial charge is 0.481 e. The number of alkyl halides is 2. The number of amides is 1. The summed E-state index contributed by atoms with van der Waals surface area (Å²) in [6.45, 7) is 3.51. The van der Waals surface area contributed by atoms with E-state index in [9.17, 15) is 13.6 Å². The summed E-state index contributed by atoms with van der Waals surface area (Å²) in [6.07, 6.45) is 1.90. The van der Waals surface area contributed by atoms with Crippen LogP contribution in [0, 0.1) is 5.92 Å². The number of aromatic nitrogens is 1. The molecule has 3 heterocycles. The van der Waals surface area contributed by atoms with Crippen molar-refractivity contribution in [3.05, 3.63) is 23.9 Å². The van der Waals surface area contributed by atoms with Crippen LogP contribution >= 0.6 is 0 Å². The van der Waals surface area contributed by atoms with Gasteiger partial charge in [0.15, 0.2) is 0 Å². The van der Waals surface area contributed by atoms with Gasteiger partial charge in [-0.2, -0.15) is 0 Å². The van der Waals surface area contributed by atoms with E-state index >= 15 is 0 Å². The molecule has 1 aromatic rings. The van der Waals surface area contributed by atoms with Gasteiger partial charge in [0, 0.05) is 43.2 Å². The second-order valence-corrected chi connectivity index (χ2v) is 7.03. The maximum absolute atomic E-state index is 13.0. The highest BCUT2D eigenvalue weighted by atomic mass is 19.3. The molecule has 2 aliphatic rings. The van der Waals surface area contributed by atoms with Crippen LogP contribution in [0.1, 0.15) is 18.9 Å². The molecule has 0 N–H and O–H groups in total. The predicted octanol–water partition coefficient (Wildman–Crippen LogP) is 1.79. The monoisotopic (exact) mass is 369 g/mol. The number of rotatable bonds is 5. The lowest BCUT2D eigenvalue weighted by atomic mass is 9.95. The number of nitrogens with zero attached hydrogens (tertiary/aromatic N) is 3. The zero-order valence-corrected chi connectivity index (χ0v) is 15.2. The van der Waals surface area contributed by atoms with Crippen LogP contribution in [0.2, 0.25) is 0 Å². The first-order valence-electron chi connectivity index (χ1n) is 8.85. The standard InChI is InChI=1S/C18H25F2N3O3/c1-13-15(8-16(24)23-11-18(19,20)12-23)10-26-7-6-22(13)9-14-4-3-5-21-17(14)25-2/h3-5,13,15H,6-12H2,1-2H3/t13-,15+/m1/s1. The van der Waals surface area contributed by atoms with E-state index in [4.69, 9.17) is 9.47 Å². The quantitative estimate of drug-likeness (QED) is 0.792. The molecule has 0 radical (unpaired) electrons. The van der Waals surface area contributed by atoms with Crippen molar-refractivity contribution in [3.63, 3.8) is 0 Å². The molecular formula is C18H25F2N3O3. The molecule has 0 unspecified atom stereocenters. The molecule has 6 nitrogen and oxygen atoms in total. The van der Waals surface area contributed by atoms with Crippen molar-refractivity contribution in [2.75, 3.05) is 40.0 Å². The van der Waals surface area contributed by atoms with Crippen LogP contribution in [0.3, 0.4) is 0 Å². The van der Waals surface area contributed by atoms with Gasteiger partial charge in [0.25, 0.3) is 5.92 Å². The molecule has 1 amide bonds. The second-order valence-electron chi connectivity index (χ2n) is 7.03. The number of likely N-dealkylation sites (tertiary alicyclic amines) is 1. The lowest BCUT2D eigenvalue weighted by Crippen LogP contribution is -2.59. The van der Waals surface area contributed by atoms with E-state index in [2.05, 4.69) is 16.8 Å². The molecule has 1 aromatic heterocycles. The van der Waals surface area contributed by atoms with Gasteiger partial charge in [-0.15, -0.1) is 0 Å². The van der Waals surface area contributed by atoms with E-state index in [1.807, 2.05) is 12.1 Å². The van der Waals surface area contributed by atoms with Crippen LogP contribution < -0.4 is 4.74 Å². The van der Waals surface area contributed by atoms with Crippen molar-refractivity contribution in [2.24, 2.45) is 5.92 Å². The summed E-state index contributed by atoms with van der Waals surface area (Å²) >= 11 is 0. The number of carbonyl (C=O) groups is 1. The average molecular weight is 369 g/mol. The SMILES string of the molecule is COc1ncccc1CN1CCOC[C@H](CC(=O)N2CC(F)(F)C2)[C@H]1C. The fourth-order valence-electron chi connectivity index (χ4n) is 3.50. The maximum Gasteiger partial charge on any atom is 0.282 e. The fraction of sp³-hybridized carbons (Fsp3) is 0.667. The molecule has 0 bridgehead atoms. The zero-order chi connectivity index (χ0) is 18.7. The second kappa shape index (κ2) is 7.84. The molecule has 144 valence electrons. The summed E-state index contributed by atoms with van der Waals surface area (Å²) in [7, 11) is 1.59. The molecule has 26 heavy (non-hydrogen) atoms. The number of pyridine rings is 1. The molecule has 2 fully saturated rings. The molecule has 2 aliphatic heterocycles. The minimum Gasteiger partial charge on any atom is -0.481 e. The third kappa shape index (κ3) is 4.29. The van der Waals surface area contributed by atoms with Gasteiger partial charge < -0.3 is 14.4 Å². The van der Waals surface area contributed by atoms with Crippen molar-refractivity contribution in [1.82, 2.24) is 14.8 Å². The first kappa shape index (κ1) is 19.0. The number of hydrogen-bond donors (Lipinski definition) is 0. The number of carbonyl (C=O) groups excluding carboxylic acids is 1. The lowest BCUT2D eigenvalue weighted by molar-refractivity contribution is -0.167. The molecular weight excluding hydrogens is 344 g/mol. The van der Waals surface area contributed by atoms with E-state index in [1.54, 1.807) is 13.3 Å². The Labute approximate surface area is 152 Å². The highest BCUT2D eigenvalue weighted by molar-refractivity contribution is 5.77. The van der Waals surface area contributed by atoms with Crippen molar-refractivity contribution < 1.29 is 23.0 Å². The average Bonchev–Trinajstić information content (AvgIpc) is 2.76. The molecule has 2 saturated heterocycles. The van der Waals surface area contributed by atoms with Gasteiger partial charge in [-0.05, 0) is 13.0 Å². The summed E-state index contributed by atoms with van der Waals surface area (Å²) in [6, 6.07) is 3.90. The Kier molecular flexibility index (Phi) is 5.72. The third-order valence-corrected chi connectivity index (χ3v) is 5.16. The van der Waals surface area contributed by atoms with Crippen molar-refractivity contribution in [1.29, 1.82) is 0 Å². The molecule has 0 aromatic carbocycles. The third-order valence-electron chi connectivity index (χ3n) is 5.16. The highest BCUT2D eigenvalue weighted by Crippen LogP contribution is 2.29. The van der Waals surface area contributed by atoms with Crippen LogP contribution in [-0.4, -0.2) is 72.6 Å². The Morgan fingerprint density at radius 3 is 2.92 bits per heavy atom. The number of halogens is 2. The van der Waals surface area contributed by atoms with E-state index < -0.39 is 19.0 Å². The summed E-state index contributed by atoms with van der Waals surface area (Å²) in [4.78, 5) is 20.0. The van der Waals surface area contributed by atoms with Gasteiger partial charge in [0.1, 0.15) is 0 Å². The minimum atomic E-state index is -2.73. The Balaban J connectivity index is 1.63. The number of methoxy groups -OCH3 is 1. The molecule has 3 rings (SSSR count). The molecule has 8 heteroatoms. The van der Waals surface area contributed by atoms with Crippen molar-refractivity contribution >= 4 is 5.91 Å². The van der Waals surface area contributed by atoms with Gasteiger partial charge in [0.05, 0.1) is 33.4 Å². The van der Waals surface area contributed by atoms with Crippen LogP contribution in [-0.2, 0) is 16.1 Å². The summed E-state index contributed by atoms with van der Waals surface area (Å²) in [5, 5.41) is 0. The molecule has 0 saturated carbocycles. The van der Waals surface area contributed by atoms with Crippen molar-refractivity contribution in [2.45, 2.75) is 31.9 Å². The summed E-state index contributed by atoms with van der Waals surface area (Å²) in [5.74, 6) is -2.41. The number of ether oxygens (including phenoxy) is 2. The van der Waals surface area contributed by atoms with Gasteiger partial charge in [-0.25, -0.2) is 13.8 Å². The normalized spacial score (nSPS) is 26.1. The fourth-order valence-corrected chi connectivity index (χ4v) is 3.50.